The fourth-order valence-electron chi connectivity index (χ4n) is 4.82. The van der Waals surface area contributed by atoms with E-state index in [1.54, 1.807) is 42.8 Å². The highest BCUT2D eigenvalue weighted by molar-refractivity contribution is 6.34. The molecule has 0 aliphatic carbocycles. The smallest absolute Gasteiger partial charge is 0.227 e. The number of amides is 1. The third-order valence-electron chi connectivity index (χ3n) is 6.66. The first-order chi connectivity index (χ1) is 16.7. The molecule has 2 aromatic heterocycles. The Balaban J connectivity index is 1.74. The second kappa shape index (κ2) is 8.95. The molecule has 9 heteroatoms. The summed E-state index contributed by atoms with van der Waals surface area (Å²) in [7, 11) is 3.68. The fourth-order valence-corrected chi connectivity index (χ4v) is 5.48. The molecular formula is C26H22Cl3N5O. The first-order valence-corrected chi connectivity index (χ1v) is 12.1. The van der Waals surface area contributed by atoms with E-state index < -0.39 is 5.54 Å². The number of anilines is 1. The lowest BCUT2D eigenvalue weighted by Crippen LogP contribution is -2.41. The average molecular weight is 527 g/mol. The Morgan fingerprint density at radius 2 is 1.69 bits per heavy atom. The summed E-state index contributed by atoms with van der Waals surface area (Å²) in [4.78, 5) is 23.1. The Kier molecular flexibility index (Phi) is 6.09. The van der Waals surface area contributed by atoms with Crippen LogP contribution >= 0.6 is 34.8 Å². The Bertz CT molecular complexity index is 1420. The Morgan fingerprint density at radius 3 is 2.31 bits per heavy atom. The van der Waals surface area contributed by atoms with Gasteiger partial charge in [0, 0.05) is 53.9 Å². The Hall–Kier alpha value is -2.90. The number of imidazole rings is 1. The molecule has 0 radical (unpaired) electrons. The summed E-state index contributed by atoms with van der Waals surface area (Å²) in [6.45, 7) is 0. The second-order valence-corrected chi connectivity index (χ2v) is 10.0. The highest BCUT2D eigenvalue weighted by Crippen LogP contribution is 2.44. The number of rotatable bonds is 4. The normalized spacial score (nSPS) is 17.3. The highest BCUT2D eigenvalue weighted by atomic mass is 35.5. The number of nitrogens with two attached hydrogens (primary N) is 1. The van der Waals surface area contributed by atoms with Gasteiger partial charge in [0.05, 0.1) is 18.2 Å². The van der Waals surface area contributed by atoms with Crippen molar-refractivity contribution in [3.8, 4) is 0 Å². The highest BCUT2D eigenvalue weighted by Gasteiger charge is 2.38. The maximum atomic E-state index is 12.9. The lowest BCUT2D eigenvalue weighted by atomic mass is 9.77. The van der Waals surface area contributed by atoms with Crippen molar-refractivity contribution < 1.29 is 4.79 Å². The molecule has 3 heterocycles. The summed E-state index contributed by atoms with van der Waals surface area (Å²) in [5.74, 6) is -0.220. The summed E-state index contributed by atoms with van der Waals surface area (Å²) in [5.41, 5.74) is 11.2. The molecule has 1 aliphatic heterocycles. The van der Waals surface area contributed by atoms with Gasteiger partial charge in [-0.3, -0.25) is 4.79 Å². The van der Waals surface area contributed by atoms with Gasteiger partial charge in [-0.05, 0) is 47.0 Å². The van der Waals surface area contributed by atoms with Crippen LogP contribution in [-0.2, 0) is 17.4 Å². The monoisotopic (exact) mass is 525 g/mol. The Morgan fingerprint density at radius 1 is 0.971 bits per heavy atom. The molecule has 5 rings (SSSR count). The van der Waals surface area contributed by atoms with Gasteiger partial charge in [0.25, 0.3) is 0 Å². The van der Waals surface area contributed by atoms with Crippen molar-refractivity contribution in [2.75, 3.05) is 11.9 Å². The van der Waals surface area contributed by atoms with Crippen LogP contribution in [0.4, 0.5) is 5.69 Å². The summed E-state index contributed by atoms with van der Waals surface area (Å²) in [6.07, 6.45) is 5.42. The van der Waals surface area contributed by atoms with Crippen LogP contribution in [-0.4, -0.2) is 27.5 Å². The molecule has 1 aliphatic rings. The van der Waals surface area contributed by atoms with Crippen LogP contribution in [0.1, 0.15) is 40.3 Å². The van der Waals surface area contributed by atoms with Crippen LogP contribution in [0.25, 0.3) is 0 Å². The van der Waals surface area contributed by atoms with Gasteiger partial charge in [0.2, 0.25) is 5.91 Å². The Labute approximate surface area is 218 Å². The molecule has 0 bridgehead atoms. The van der Waals surface area contributed by atoms with E-state index in [2.05, 4.69) is 16.0 Å². The predicted molar refractivity (Wildman–Crippen MR) is 139 cm³/mol. The lowest BCUT2D eigenvalue weighted by molar-refractivity contribution is -0.118. The van der Waals surface area contributed by atoms with E-state index in [0.29, 0.717) is 15.2 Å². The zero-order valence-electron chi connectivity index (χ0n) is 19.0. The molecule has 2 aromatic carbocycles. The van der Waals surface area contributed by atoms with Crippen LogP contribution in [0, 0.1) is 0 Å². The number of hydrogen-bond acceptors (Lipinski definition) is 4. The van der Waals surface area contributed by atoms with Crippen molar-refractivity contribution in [1.82, 2.24) is 14.5 Å². The minimum atomic E-state index is -1.07. The van der Waals surface area contributed by atoms with Crippen molar-refractivity contribution in [2.24, 2.45) is 12.8 Å². The van der Waals surface area contributed by atoms with Gasteiger partial charge in [-0.1, -0.05) is 53.0 Å². The van der Waals surface area contributed by atoms with Crippen molar-refractivity contribution in [3.05, 3.63) is 110 Å². The van der Waals surface area contributed by atoms with Gasteiger partial charge in [-0.25, -0.2) is 9.97 Å². The number of aromatic nitrogens is 3. The van der Waals surface area contributed by atoms with Crippen molar-refractivity contribution in [2.45, 2.75) is 17.9 Å². The number of pyridine rings is 1. The molecule has 178 valence electrons. The third kappa shape index (κ3) is 4.10. The largest absolute Gasteiger partial charge is 0.336 e. The summed E-state index contributed by atoms with van der Waals surface area (Å²) in [6, 6.07) is 14.9. The van der Waals surface area contributed by atoms with Crippen molar-refractivity contribution in [1.29, 1.82) is 0 Å². The number of hydrogen-bond donors (Lipinski definition) is 1. The number of halogens is 3. The van der Waals surface area contributed by atoms with Crippen LogP contribution in [0.2, 0.25) is 15.2 Å². The first-order valence-electron chi connectivity index (χ1n) is 10.9. The molecule has 0 fully saturated rings. The second-order valence-electron chi connectivity index (χ2n) is 8.75. The molecule has 0 spiro atoms. The van der Waals surface area contributed by atoms with E-state index in [4.69, 9.17) is 40.5 Å². The molecule has 2 N–H and O–H groups in total. The van der Waals surface area contributed by atoms with Gasteiger partial charge in [-0.2, -0.15) is 0 Å². The number of aryl methyl sites for hydroxylation is 1. The first kappa shape index (κ1) is 23.8. The molecule has 2 unspecified atom stereocenters. The van der Waals surface area contributed by atoms with E-state index in [9.17, 15) is 4.79 Å². The van der Waals surface area contributed by atoms with Crippen LogP contribution in [0.15, 0.2) is 67.3 Å². The zero-order valence-corrected chi connectivity index (χ0v) is 21.3. The van der Waals surface area contributed by atoms with E-state index in [0.717, 1.165) is 33.6 Å². The quantitative estimate of drug-likeness (QED) is 0.355. The molecule has 0 saturated carbocycles. The van der Waals surface area contributed by atoms with Crippen molar-refractivity contribution in [3.63, 3.8) is 0 Å². The lowest BCUT2D eigenvalue weighted by Gasteiger charge is -2.36. The van der Waals surface area contributed by atoms with Crippen molar-refractivity contribution >= 4 is 46.4 Å². The fraction of sp³-hybridized carbons (Fsp3) is 0.192. The minimum absolute atomic E-state index is 0.0129. The van der Waals surface area contributed by atoms with Gasteiger partial charge in [-0.15, -0.1) is 0 Å². The minimum Gasteiger partial charge on any atom is -0.336 e. The number of fused-ring (bicyclic) bond motifs is 1. The molecule has 0 saturated heterocycles. The molecule has 2 atom stereocenters. The summed E-state index contributed by atoms with van der Waals surface area (Å²) < 4.78 is 1.89. The third-order valence-corrected chi connectivity index (χ3v) is 7.32. The maximum Gasteiger partial charge on any atom is 0.227 e. The van der Waals surface area contributed by atoms with Gasteiger partial charge in [0.1, 0.15) is 10.7 Å². The number of nitrogens with zero attached hydrogens (tertiary/aromatic N) is 4. The number of benzene rings is 2. The van der Waals surface area contributed by atoms with E-state index in [1.165, 1.54) is 0 Å². The number of carbonyl (C=O) groups is 1. The van der Waals surface area contributed by atoms with Crippen LogP contribution < -0.4 is 10.6 Å². The standard InChI is InChI=1S/C26H22Cl3N5O/c1-33-14-31-13-23(33)26(30,17-4-6-24(29)32-12-17)16-3-5-22-21(9-16)20(11-25(35)34(22)2)15-7-18(27)10-19(28)8-15/h3-10,12-14,20H,11,30H2,1-2H3. The molecule has 35 heavy (non-hydrogen) atoms. The van der Waals surface area contributed by atoms with E-state index in [1.807, 2.05) is 41.9 Å². The molecule has 6 nitrogen and oxygen atoms in total. The molecule has 4 aromatic rings. The zero-order chi connectivity index (χ0) is 24.9. The molecule has 1 amide bonds. The summed E-state index contributed by atoms with van der Waals surface area (Å²) >= 11 is 18.7. The SMILES string of the molecule is CN1C(=O)CC(c2cc(Cl)cc(Cl)c2)c2cc(C(N)(c3ccc(Cl)nc3)c3cncn3C)ccc21. The van der Waals surface area contributed by atoms with Gasteiger partial charge in [0.15, 0.2) is 0 Å². The van der Waals surface area contributed by atoms with E-state index in [-0.39, 0.29) is 18.2 Å². The van der Waals surface area contributed by atoms with Crippen LogP contribution in [0.5, 0.6) is 0 Å². The maximum absolute atomic E-state index is 12.9. The summed E-state index contributed by atoms with van der Waals surface area (Å²) in [5, 5.41) is 1.42. The number of carbonyl (C=O) groups excluding carboxylic acids is 1. The topological polar surface area (TPSA) is 77.0 Å². The average Bonchev–Trinajstić information content (AvgIpc) is 3.26. The predicted octanol–water partition coefficient (Wildman–Crippen LogP) is 5.52. The van der Waals surface area contributed by atoms with E-state index >= 15 is 0 Å². The van der Waals surface area contributed by atoms with Gasteiger partial charge >= 0.3 is 0 Å². The van der Waals surface area contributed by atoms with Gasteiger partial charge < -0.3 is 15.2 Å². The van der Waals surface area contributed by atoms with Crippen LogP contribution in [0.3, 0.4) is 0 Å². The molecular weight excluding hydrogens is 505 g/mol.